The summed E-state index contributed by atoms with van der Waals surface area (Å²) in [5.74, 6) is -0.393. The predicted octanol–water partition coefficient (Wildman–Crippen LogP) is 4.22. The van der Waals surface area contributed by atoms with Gasteiger partial charge in [-0.25, -0.2) is 0 Å². The maximum absolute atomic E-state index is 11.8. The molecule has 1 heterocycles. The van der Waals surface area contributed by atoms with Crippen LogP contribution in [0.2, 0.25) is 0 Å². The summed E-state index contributed by atoms with van der Waals surface area (Å²) in [6.07, 6.45) is 0. The summed E-state index contributed by atoms with van der Waals surface area (Å²) in [5.41, 5.74) is 9.77. The first-order chi connectivity index (χ1) is 12.0. The minimum Gasteiger partial charge on any atom is -0.368 e. The molecule has 0 aliphatic rings. The molecule has 0 aliphatic carbocycles. The molecule has 3 N–H and O–H groups in total. The summed E-state index contributed by atoms with van der Waals surface area (Å²) < 4.78 is 0.694. The van der Waals surface area contributed by atoms with Gasteiger partial charge in [-0.05, 0) is 31.0 Å². The second-order valence-electron chi connectivity index (χ2n) is 5.63. The van der Waals surface area contributed by atoms with Crippen molar-refractivity contribution in [3.8, 4) is 0 Å². The fourth-order valence-electron chi connectivity index (χ4n) is 2.40. The zero-order chi connectivity index (χ0) is 17.8. The number of aromatic nitrogens is 2. The first-order valence-electron chi connectivity index (χ1n) is 7.71. The number of anilines is 2. The van der Waals surface area contributed by atoms with Crippen LogP contribution in [0, 0.1) is 13.8 Å². The largest absolute Gasteiger partial charge is 0.368 e. The van der Waals surface area contributed by atoms with E-state index in [1.54, 1.807) is 0 Å². The first kappa shape index (κ1) is 17.4. The summed E-state index contributed by atoms with van der Waals surface area (Å²) in [6.45, 7) is 4.11. The van der Waals surface area contributed by atoms with Crippen LogP contribution in [0.5, 0.6) is 0 Å². The summed E-state index contributed by atoms with van der Waals surface area (Å²) >= 11 is 2.72. The predicted molar refractivity (Wildman–Crippen MR) is 103 cm³/mol. The smallest absolute Gasteiger partial charge is 0.235 e. The summed E-state index contributed by atoms with van der Waals surface area (Å²) in [5, 5.41) is 11.8. The van der Waals surface area contributed by atoms with Crippen LogP contribution in [0.3, 0.4) is 0 Å². The molecule has 1 amide bonds. The third-order valence-electron chi connectivity index (χ3n) is 3.61. The highest BCUT2D eigenvalue weighted by atomic mass is 32.2. The number of carbonyl (C=O) groups is 1. The molecule has 1 aromatic heterocycles. The molecule has 3 aromatic rings. The van der Waals surface area contributed by atoms with E-state index in [4.69, 9.17) is 5.73 Å². The van der Waals surface area contributed by atoms with Gasteiger partial charge in [0.1, 0.15) is 5.25 Å². The van der Waals surface area contributed by atoms with Crippen molar-refractivity contribution >= 4 is 39.8 Å². The van der Waals surface area contributed by atoms with E-state index in [1.807, 2.05) is 49.4 Å². The van der Waals surface area contributed by atoms with E-state index in [-0.39, 0.29) is 0 Å². The summed E-state index contributed by atoms with van der Waals surface area (Å²) in [7, 11) is 0. The molecule has 0 spiro atoms. The van der Waals surface area contributed by atoms with Gasteiger partial charge in [0.15, 0.2) is 4.34 Å². The van der Waals surface area contributed by atoms with Gasteiger partial charge in [0, 0.05) is 5.69 Å². The molecule has 0 saturated carbocycles. The first-order valence-corrected chi connectivity index (χ1v) is 9.41. The van der Waals surface area contributed by atoms with E-state index in [2.05, 4.69) is 28.5 Å². The molecule has 0 fully saturated rings. The van der Waals surface area contributed by atoms with E-state index in [0.29, 0.717) is 9.47 Å². The number of amides is 1. The van der Waals surface area contributed by atoms with E-state index >= 15 is 0 Å². The molecule has 1 atom stereocenters. The Morgan fingerprint density at radius 1 is 1.16 bits per heavy atom. The molecule has 0 bridgehead atoms. The van der Waals surface area contributed by atoms with Gasteiger partial charge < -0.3 is 11.1 Å². The third-order valence-corrected chi connectivity index (χ3v) is 5.80. The number of primary amides is 1. The third kappa shape index (κ3) is 4.37. The van der Waals surface area contributed by atoms with Gasteiger partial charge in [0.05, 0.1) is 0 Å². The molecule has 0 radical (unpaired) electrons. The molecule has 2 aromatic carbocycles. The number of thioether (sulfide) groups is 1. The lowest BCUT2D eigenvalue weighted by atomic mass is 10.1. The van der Waals surface area contributed by atoms with Crippen molar-refractivity contribution in [1.82, 2.24) is 10.2 Å². The van der Waals surface area contributed by atoms with E-state index in [1.165, 1.54) is 28.7 Å². The maximum atomic E-state index is 11.8. The van der Waals surface area contributed by atoms with Gasteiger partial charge in [-0.2, -0.15) is 0 Å². The van der Waals surface area contributed by atoms with Crippen molar-refractivity contribution in [3.05, 3.63) is 65.2 Å². The Hall–Kier alpha value is -2.38. The molecular weight excluding hydrogens is 352 g/mol. The fourth-order valence-corrected chi connectivity index (χ4v) is 4.30. The second kappa shape index (κ2) is 7.67. The van der Waals surface area contributed by atoms with Gasteiger partial charge in [-0.1, -0.05) is 71.1 Å². The quantitative estimate of drug-likeness (QED) is 0.635. The topological polar surface area (TPSA) is 80.9 Å². The molecule has 5 nitrogen and oxygen atoms in total. The molecule has 25 heavy (non-hydrogen) atoms. The van der Waals surface area contributed by atoms with Crippen molar-refractivity contribution in [2.24, 2.45) is 5.73 Å². The number of benzene rings is 2. The molecule has 0 unspecified atom stereocenters. The van der Waals surface area contributed by atoms with Crippen LogP contribution in [0.4, 0.5) is 10.8 Å². The lowest BCUT2D eigenvalue weighted by Gasteiger charge is -2.10. The maximum Gasteiger partial charge on any atom is 0.235 e. The number of nitrogens with zero attached hydrogens (tertiary/aromatic N) is 2. The number of rotatable bonds is 6. The Labute approximate surface area is 154 Å². The Morgan fingerprint density at radius 3 is 2.60 bits per heavy atom. The number of nitrogens with one attached hydrogen (secondary N) is 1. The fraction of sp³-hybridized carbons (Fsp3) is 0.167. The number of carbonyl (C=O) groups excluding carboxylic acids is 1. The molecule has 0 saturated heterocycles. The van der Waals surface area contributed by atoms with Gasteiger partial charge in [-0.15, -0.1) is 10.2 Å². The van der Waals surface area contributed by atoms with Gasteiger partial charge >= 0.3 is 0 Å². The van der Waals surface area contributed by atoms with Crippen LogP contribution < -0.4 is 11.1 Å². The van der Waals surface area contributed by atoms with Crippen molar-refractivity contribution < 1.29 is 4.79 Å². The Balaban J connectivity index is 1.75. The minimum absolute atomic E-state index is 0.393. The monoisotopic (exact) mass is 370 g/mol. The SMILES string of the molecule is Cc1ccc(Nc2nnc(S[C@H](C(N)=O)c3ccccc3)s2)c(C)c1. The lowest BCUT2D eigenvalue weighted by molar-refractivity contribution is -0.117. The minimum atomic E-state index is -0.483. The van der Waals surface area contributed by atoms with Crippen LogP contribution in [0.25, 0.3) is 0 Å². The van der Waals surface area contributed by atoms with E-state index in [0.717, 1.165) is 16.8 Å². The lowest BCUT2D eigenvalue weighted by Crippen LogP contribution is -2.18. The standard InChI is InChI=1S/C18H18N4OS2/c1-11-8-9-14(12(2)10-11)20-17-21-22-18(25-17)24-15(16(19)23)13-6-4-3-5-7-13/h3-10,15H,1-2H3,(H2,19,23)(H,20,21)/t15-/m0/s1. The summed E-state index contributed by atoms with van der Waals surface area (Å²) in [6, 6.07) is 15.6. The van der Waals surface area contributed by atoms with Gasteiger partial charge in [0.2, 0.25) is 11.0 Å². The summed E-state index contributed by atoms with van der Waals surface area (Å²) in [4.78, 5) is 11.8. The number of hydrogen-bond acceptors (Lipinski definition) is 6. The molecule has 0 aliphatic heterocycles. The van der Waals surface area contributed by atoms with Crippen molar-refractivity contribution in [3.63, 3.8) is 0 Å². The molecular formula is C18H18N4OS2. The van der Waals surface area contributed by atoms with Gasteiger partial charge in [-0.3, -0.25) is 4.79 Å². The normalized spacial score (nSPS) is 11.9. The molecule has 3 rings (SSSR count). The zero-order valence-electron chi connectivity index (χ0n) is 13.9. The van der Waals surface area contributed by atoms with E-state index < -0.39 is 11.2 Å². The van der Waals surface area contributed by atoms with Crippen LogP contribution in [0.15, 0.2) is 52.9 Å². The highest BCUT2D eigenvalue weighted by molar-refractivity contribution is 8.01. The van der Waals surface area contributed by atoms with Crippen molar-refractivity contribution in [1.29, 1.82) is 0 Å². The van der Waals surface area contributed by atoms with Crippen molar-refractivity contribution in [2.75, 3.05) is 5.32 Å². The average molecular weight is 371 g/mol. The van der Waals surface area contributed by atoms with E-state index in [9.17, 15) is 4.79 Å². The second-order valence-corrected chi connectivity index (χ2v) is 7.96. The van der Waals surface area contributed by atoms with Crippen LogP contribution in [0.1, 0.15) is 21.9 Å². The molecule has 128 valence electrons. The molecule has 7 heteroatoms. The zero-order valence-corrected chi connectivity index (χ0v) is 15.5. The number of nitrogens with two attached hydrogens (primary N) is 1. The van der Waals surface area contributed by atoms with Crippen LogP contribution >= 0.6 is 23.1 Å². The van der Waals surface area contributed by atoms with Crippen molar-refractivity contribution in [2.45, 2.75) is 23.4 Å². The Bertz CT molecular complexity index is 880. The Morgan fingerprint density at radius 2 is 1.92 bits per heavy atom. The van der Waals surface area contributed by atoms with Crippen LogP contribution in [-0.4, -0.2) is 16.1 Å². The highest BCUT2D eigenvalue weighted by Gasteiger charge is 2.21. The number of hydrogen-bond donors (Lipinski definition) is 2. The average Bonchev–Trinajstić information content (AvgIpc) is 3.03. The Kier molecular flexibility index (Phi) is 5.35. The number of aryl methyl sites for hydroxylation is 2. The highest BCUT2D eigenvalue weighted by Crippen LogP contribution is 2.38. The van der Waals surface area contributed by atoms with Gasteiger partial charge in [0.25, 0.3) is 0 Å². The van der Waals surface area contributed by atoms with Crippen LogP contribution in [-0.2, 0) is 4.79 Å².